The number of anilines is 1. The van der Waals surface area contributed by atoms with Crippen LogP contribution in [0, 0.1) is 0 Å². The van der Waals surface area contributed by atoms with Gasteiger partial charge in [-0.1, -0.05) is 0 Å². The summed E-state index contributed by atoms with van der Waals surface area (Å²) < 4.78 is 19.3. The fourth-order valence-corrected chi connectivity index (χ4v) is 3.75. The van der Waals surface area contributed by atoms with Gasteiger partial charge in [-0.3, -0.25) is 14.3 Å². The maximum absolute atomic E-state index is 12.2. The molecule has 0 radical (unpaired) electrons. The van der Waals surface area contributed by atoms with E-state index in [0.717, 1.165) is 32.4 Å². The predicted molar refractivity (Wildman–Crippen MR) is 112 cm³/mol. The van der Waals surface area contributed by atoms with Gasteiger partial charge in [0.25, 0.3) is 13.1 Å². The number of hydrogen-bond acceptors (Lipinski definition) is 8. The summed E-state index contributed by atoms with van der Waals surface area (Å²) in [4.78, 5) is 32.3. The number of ether oxygens (including phenoxy) is 1. The lowest BCUT2D eigenvalue weighted by atomic mass is 10.3. The molecule has 0 aliphatic heterocycles. The Bertz CT molecular complexity index is 870. The molecule has 0 spiro atoms. The molecule has 12 nitrogen and oxygen atoms in total. The summed E-state index contributed by atoms with van der Waals surface area (Å²) in [6.45, 7) is 4.82. The second-order valence-corrected chi connectivity index (χ2v) is 8.81. The Morgan fingerprint density at radius 3 is 2.86 bits per heavy atom. The molecule has 2 aromatic heterocycles. The average molecular weight is 430 g/mol. The van der Waals surface area contributed by atoms with Crippen LogP contribution in [0.2, 0.25) is 0 Å². The van der Waals surface area contributed by atoms with E-state index in [2.05, 4.69) is 25.4 Å². The molecule has 0 aliphatic carbocycles. The zero-order chi connectivity index (χ0) is 21.3. The molecule has 2 heterocycles. The Labute approximate surface area is 168 Å². The number of fused-ring (bicyclic) bond motifs is 1. The number of hydrogen-bond donors (Lipinski definition) is 6. The monoisotopic (exact) mass is 430 g/mol. The molecule has 0 amide bonds. The Hall–Kier alpha value is -1.82. The van der Waals surface area contributed by atoms with Crippen molar-refractivity contribution < 1.29 is 14.2 Å². The van der Waals surface area contributed by atoms with E-state index in [1.807, 2.05) is 0 Å². The Kier molecular flexibility index (Phi) is 9.21. The van der Waals surface area contributed by atoms with E-state index in [0.29, 0.717) is 25.3 Å². The normalized spacial score (nSPS) is 14.9. The smallest absolute Gasteiger partial charge is 0.292 e. The maximum atomic E-state index is 12.2. The van der Waals surface area contributed by atoms with Crippen molar-refractivity contribution in [2.75, 3.05) is 38.3 Å². The lowest BCUT2D eigenvalue weighted by Crippen LogP contribution is -2.24. The number of nitrogens with two attached hydrogens (primary N) is 2. The molecular formula is C16H31N8O4P. The molecule has 8 N–H and O–H groups in total. The van der Waals surface area contributed by atoms with E-state index in [1.165, 1.54) is 6.33 Å². The Balaban J connectivity index is 1.72. The number of H-pyrrole nitrogens is 1. The van der Waals surface area contributed by atoms with Crippen LogP contribution in [0.1, 0.15) is 26.2 Å². The fourth-order valence-electron chi connectivity index (χ4n) is 2.69. The van der Waals surface area contributed by atoms with Crippen LogP contribution in [0.3, 0.4) is 0 Å². The molecule has 2 rings (SSSR count). The predicted octanol–water partition coefficient (Wildman–Crippen LogP) is -0.442. The fraction of sp³-hybridized carbons (Fsp3) is 0.688. The van der Waals surface area contributed by atoms with E-state index >= 15 is 0 Å². The topological polar surface area (TPSA) is 186 Å². The van der Waals surface area contributed by atoms with Crippen molar-refractivity contribution in [2.45, 2.75) is 38.8 Å². The Morgan fingerprint density at radius 2 is 2.10 bits per heavy atom. The molecule has 13 heteroatoms. The van der Waals surface area contributed by atoms with Crippen LogP contribution in [0.5, 0.6) is 0 Å². The molecule has 164 valence electrons. The third-order valence-electron chi connectivity index (χ3n) is 4.18. The highest BCUT2D eigenvalue weighted by molar-refractivity contribution is 7.55. The van der Waals surface area contributed by atoms with E-state index < -0.39 is 19.2 Å². The summed E-state index contributed by atoms with van der Waals surface area (Å²) in [6.07, 6.45) is 3.48. The van der Waals surface area contributed by atoms with Crippen LogP contribution in [0.15, 0.2) is 11.1 Å². The molecule has 0 saturated carbocycles. The van der Waals surface area contributed by atoms with Crippen molar-refractivity contribution in [1.82, 2.24) is 29.9 Å². The summed E-state index contributed by atoms with van der Waals surface area (Å²) in [5.41, 5.74) is 11.1. The molecule has 0 bridgehead atoms. The number of unbranched alkanes of at least 4 members (excludes halogenated alkanes) is 1. The summed E-state index contributed by atoms with van der Waals surface area (Å²) in [5, 5.41) is 5.91. The number of nitrogens with one attached hydrogen (secondary N) is 3. The van der Waals surface area contributed by atoms with Gasteiger partial charge in [0.1, 0.15) is 6.35 Å². The van der Waals surface area contributed by atoms with E-state index in [4.69, 9.17) is 16.2 Å². The van der Waals surface area contributed by atoms with Crippen LogP contribution in [-0.2, 0) is 15.8 Å². The van der Waals surface area contributed by atoms with Gasteiger partial charge < -0.3 is 31.0 Å². The molecule has 2 atom stereocenters. The first-order chi connectivity index (χ1) is 13.8. The van der Waals surface area contributed by atoms with Crippen LogP contribution >= 0.6 is 7.52 Å². The molecule has 0 aromatic carbocycles. The van der Waals surface area contributed by atoms with Crippen molar-refractivity contribution in [1.29, 1.82) is 0 Å². The Morgan fingerprint density at radius 1 is 1.34 bits per heavy atom. The number of aromatic nitrogens is 4. The molecular weight excluding hydrogens is 399 g/mol. The van der Waals surface area contributed by atoms with E-state index in [9.17, 15) is 14.3 Å². The molecule has 0 fully saturated rings. The van der Waals surface area contributed by atoms with Crippen molar-refractivity contribution in [3.05, 3.63) is 16.7 Å². The third-order valence-corrected chi connectivity index (χ3v) is 5.39. The van der Waals surface area contributed by atoms with Crippen molar-refractivity contribution in [2.24, 2.45) is 5.73 Å². The van der Waals surface area contributed by atoms with Gasteiger partial charge in [0.15, 0.2) is 11.2 Å². The lowest BCUT2D eigenvalue weighted by molar-refractivity contribution is 0.0816. The number of nitrogens with zero attached hydrogens (tertiary/aromatic N) is 3. The van der Waals surface area contributed by atoms with Gasteiger partial charge in [-0.25, -0.2) is 10.1 Å². The zero-order valence-corrected chi connectivity index (χ0v) is 17.5. The van der Waals surface area contributed by atoms with Crippen LogP contribution in [-0.4, -0.2) is 63.0 Å². The summed E-state index contributed by atoms with van der Waals surface area (Å²) >= 11 is 0. The number of imidazole rings is 1. The average Bonchev–Trinajstić information content (AvgIpc) is 3.05. The van der Waals surface area contributed by atoms with Crippen LogP contribution in [0.25, 0.3) is 11.2 Å². The molecule has 0 aliphatic rings. The van der Waals surface area contributed by atoms with Crippen LogP contribution < -0.4 is 27.4 Å². The molecule has 29 heavy (non-hydrogen) atoms. The maximum Gasteiger partial charge on any atom is 0.292 e. The standard InChI is InChI=1S/C16H31N8O4P/c1-12(9-24-10-20-13-14(24)22-16(18)23-15(13)25)28-11-29(26,27)21-8-4-7-19-6-3-2-5-17/h10,12,19H,2-9,11,17H2,1H3,(H2,21,26,27)(H3,18,22,23,25). The molecule has 2 aromatic rings. The van der Waals surface area contributed by atoms with Gasteiger partial charge in [-0.2, -0.15) is 4.98 Å². The van der Waals surface area contributed by atoms with Crippen LogP contribution in [0.4, 0.5) is 5.95 Å². The minimum atomic E-state index is -3.60. The van der Waals surface area contributed by atoms with Crippen molar-refractivity contribution >= 4 is 24.6 Å². The van der Waals surface area contributed by atoms with E-state index in [-0.39, 0.29) is 17.8 Å². The SMILES string of the molecule is CC(Cn1cnc2c(=O)[nH]c(N)nc21)OCP(=O)(O)NCCCNCCCCN. The zero-order valence-electron chi connectivity index (χ0n) is 16.6. The van der Waals surface area contributed by atoms with Gasteiger partial charge in [0.05, 0.1) is 19.0 Å². The minimum Gasteiger partial charge on any atom is -0.369 e. The van der Waals surface area contributed by atoms with Gasteiger partial charge in [0.2, 0.25) is 5.95 Å². The van der Waals surface area contributed by atoms with E-state index in [1.54, 1.807) is 11.5 Å². The molecule has 0 saturated heterocycles. The quantitative estimate of drug-likeness (QED) is 0.169. The van der Waals surface area contributed by atoms with Gasteiger partial charge in [0, 0.05) is 6.54 Å². The van der Waals surface area contributed by atoms with Gasteiger partial charge in [-0.15, -0.1) is 0 Å². The minimum absolute atomic E-state index is 0.00393. The third kappa shape index (κ3) is 7.84. The first-order valence-corrected chi connectivity index (χ1v) is 11.5. The second kappa shape index (κ2) is 11.4. The number of rotatable bonds is 14. The summed E-state index contributed by atoms with van der Waals surface area (Å²) in [6, 6.07) is 0. The van der Waals surface area contributed by atoms with Crippen molar-refractivity contribution in [3.63, 3.8) is 0 Å². The van der Waals surface area contributed by atoms with Crippen molar-refractivity contribution in [3.8, 4) is 0 Å². The highest BCUT2D eigenvalue weighted by atomic mass is 31.2. The highest BCUT2D eigenvalue weighted by Crippen LogP contribution is 2.35. The van der Waals surface area contributed by atoms with Gasteiger partial charge >= 0.3 is 0 Å². The number of aromatic amines is 1. The highest BCUT2D eigenvalue weighted by Gasteiger charge is 2.20. The largest absolute Gasteiger partial charge is 0.369 e. The lowest BCUT2D eigenvalue weighted by Gasteiger charge is -2.18. The summed E-state index contributed by atoms with van der Waals surface area (Å²) in [5.74, 6) is -0.00393. The first kappa shape index (κ1) is 23.5. The van der Waals surface area contributed by atoms with Gasteiger partial charge in [-0.05, 0) is 45.8 Å². The number of nitrogen functional groups attached to an aromatic ring is 1. The summed E-state index contributed by atoms with van der Waals surface area (Å²) in [7, 11) is -3.60. The first-order valence-electron chi connectivity index (χ1n) is 9.62. The molecule has 2 unspecified atom stereocenters. The second-order valence-electron chi connectivity index (χ2n) is 6.84.